The second kappa shape index (κ2) is 5.78. The van der Waals surface area contributed by atoms with Crippen molar-refractivity contribution in [2.45, 2.75) is 26.5 Å². The Morgan fingerprint density at radius 3 is 2.50 bits per heavy atom. The summed E-state index contributed by atoms with van der Waals surface area (Å²) < 4.78 is 5.14. The van der Waals surface area contributed by atoms with Gasteiger partial charge in [0.25, 0.3) is 0 Å². The van der Waals surface area contributed by atoms with Crippen molar-refractivity contribution in [1.29, 1.82) is 0 Å². The number of nitrogens with one attached hydrogen (secondary N) is 1. The lowest BCUT2D eigenvalue weighted by Gasteiger charge is -2.10. The second-order valence-electron chi connectivity index (χ2n) is 3.66. The first-order valence-corrected chi connectivity index (χ1v) is 5.01. The maximum atomic E-state index is 5.14. The van der Waals surface area contributed by atoms with Crippen LogP contribution in [0.25, 0.3) is 0 Å². The Bertz CT molecular complexity index is 256. The number of ether oxygens (including phenoxy) is 1. The molecule has 0 amide bonds. The highest BCUT2D eigenvalue weighted by molar-refractivity contribution is 5.20. The molecule has 0 spiro atoms. The highest BCUT2D eigenvalue weighted by Crippen LogP contribution is 2.02. The minimum absolute atomic E-state index is 0.278. The molecule has 0 bridgehead atoms. The minimum atomic E-state index is 0.278. The molecule has 1 unspecified atom stereocenters. The number of benzene rings is 1. The Balaban J connectivity index is 2.28. The van der Waals surface area contributed by atoms with Crippen LogP contribution in [0.3, 0.4) is 0 Å². The van der Waals surface area contributed by atoms with Gasteiger partial charge in [0.05, 0.1) is 6.10 Å². The predicted molar refractivity (Wildman–Crippen MR) is 59.4 cm³/mol. The number of hydrogen-bond donors (Lipinski definition) is 1. The summed E-state index contributed by atoms with van der Waals surface area (Å²) in [6.45, 7) is 5.96. The highest BCUT2D eigenvalue weighted by atomic mass is 16.5. The molecule has 0 aromatic heterocycles. The molecule has 0 saturated carbocycles. The molecule has 0 aliphatic heterocycles. The molecule has 14 heavy (non-hydrogen) atoms. The van der Waals surface area contributed by atoms with E-state index in [1.165, 1.54) is 11.1 Å². The largest absolute Gasteiger partial charge is 0.380 e. The summed E-state index contributed by atoms with van der Waals surface area (Å²) in [5, 5.41) is 3.35. The zero-order chi connectivity index (χ0) is 10.4. The number of rotatable bonds is 5. The summed E-state index contributed by atoms with van der Waals surface area (Å²) in [5.41, 5.74) is 2.62. The molecule has 0 heterocycles. The molecular formula is C12H19NO. The number of methoxy groups -OCH3 is 1. The lowest BCUT2D eigenvalue weighted by atomic mass is 10.1. The predicted octanol–water partition coefficient (Wildman–Crippen LogP) is 2.12. The normalized spacial score (nSPS) is 12.8. The fraction of sp³-hybridized carbons (Fsp3) is 0.500. The van der Waals surface area contributed by atoms with Gasteiger partial charge < -0.3 is 10.1 Å². The number of aryl methyl sites for hydroxylation is 1. The summed E-state index contributed by atoms with van der Waals surface area (Å²) in [4.78, 5) is 0. The van der Waals surface area contributed by atoms with Gasteiger partial charge in [-0.15, -0.1) is 0 Å². The van der Waals surface area contributed by atoms with E-state index in [1.54, 1.807) is 7.11 Å². The molecular weight excluding hydrogens is 174 g/mol. The Morgan fingerprint density at radius 2 is 1.93 bits per heavy atom. The van der Waals surface area contributed by atoms with Crippen LogP contribution in [0.15, 0.2) is 24.3 Å². The Kier molecular flexibility index (Phi) is 4.63. The van der Waals surface area contributed by atoms with Crippen molar-refractivity contribution in [2.24, 2.45) is 0 Å². The van der Waals surface area contributed by atoms with Gasteiger partial charge >= 0.3 is 0 Å². The van der Waals surface area contributed by atoms with Crippen molar-refractivity contribution in [3.8, 4) is 0 Å². The van der Waals surface area contributed by atoms with Crippen molar-refractivity contribution in [2.75, 3.05) is 13.7 Å². The Morgan fingerprint density at radius 1 is 1.29 bits per heavy atom. The molecule has 0 aliphatic carbocycles. The van der Waals surface area contributed by atoms with Crippen LogP contribution in [-0.2, 0) is 11.3 Å². The van der Waals surface area contributed by atoms with Crippen LogP contribution in [-0.4, -0.2) is 19.8 Å². The van der Waals surface area contributed by atoms with Gasteiger partial charge in [-0.1, -0.05) is 29.8 Å². The van der Waals surface area contributed by atoms with E-state index in [4.69, 9.17) is 4.74 Å². The minimum Gasteiger partial charge on any atom is -0.380 e. The third-order valence-electron chi connectivity index (χ3n) is 2.28. The number of hydrogen-bond acceptors (Lipinski definition) is 2. The smallest absolute Gasteiger partial charge is 0.0667 e. The van der Waals surface area contributed by atoms with E-state index >= 15 is 0 Å². The molecule has 0 radical (unpaired) electrons. The summed E-state index contributed by atoms with van der Waals surface area (Å²) >= 11 is 0. The molecule has 1 rings (SSSR count). The van der Waals surface area contributed by atoms with Gasteiger partial charge in [0.1, 0.15) is 0 Å². The van der Waals surface area contributed by atoms with E-state index in [2.05, 4.69) is 43.4 Å². The van der Waals surface area contributed by atoms with E-state index in [-0.39, 0.29) is 6.10 Å². The lowest BCUT2D eigenvalue weighted by molar-refractivity contribution is 0.117. The molecule has 0 aliphatic rings. The van der Waals surface area contributed by atoms with Crippen LogP contribution in [0.4, 0.5) is 0 Å². The van der Waals surface area contributed by atoms with Crippen LogP contribution in [0.5, 0.6) is 0 Å². The van der Waals surface area contributed by atoms with E-state index in [0.717, 1.165) is 13.1 Å². The van der Waals surface area contributed by atoms with Crippen molar-refractivity contribution in [3.05, 3.63) is 35.4 Å². The van der Waals surface area contributed by atoms with Gasteiger partial charge in [-0.25, -0.2) is 0 Å². The van der Waals surface area contributed by atoms with Crippen molar-refractivity contribution >= 4 is 0 Å². The first kappa shape index (κ1) is 11.2. The zero-order valence-electron chi connectivity index (χ0n) is 9.21. The second-order valence-corrected chi connectivity index (χ2v) is 3.66. The van der Waals surface area contributed by atoms with Gasteiger partial charge in [0.2, 0.25) is 0 Å². The van der Waals surface area contributed by atoms with E-state index in [1.807, 2.05) is 0 Å². The lowest BCUT2D eigenvalue weighted by Crippen LogP contribution is -2.25. The molecule has 1 aromatic carbocycles. The quantitative estimate of drug-likeness (QED) is 0.773. The maximum absolute atomic E-state index is 5.14. The average molecular weight is 193 g/mol. The van der Waals surface area contributed by atoms with Crippen LogP contribution in [0.2, 0.25) is 0 Å². The molecule has 1 aromatic rings. The summed E-state index contributed by atoms with van der Waals surface area (Å²) in [6.07, 6.45) is 0.278. The Labute approximate surface area is 86.3 Å². The fourth-order valence-corrected chi connectivity index (χ4v) is 1.21. The zero-order valence-corrected chi connectivity index (χ0v) is 9.21. The molecule has 0 saturated heterocycles. The summed E-state index contributed by atoms with van der Waals surface area (Å²) in [5.74, 6) is 0. The van der Waals surface area contributed by atoms with Gasteiger partial charge in [-0.2, -0.15) is 0 Å². The van der Waals surface area contributed by atoms with Gasteiger partial charge in [-0.3, -0.25) is 0 Å². The molecule has 0 fully saturated rings. The topological polar surface area (TPSA) is 21.3 Å². The third kappa shape index (κ3) is 3.90. The maximum Gasteiger partial charge on any atom is 0.0667 e. The van der Waals surface area contributed by atoms with Crippen LogP contribution in [0, 0.1) is 6.92 Å². The third-order valence-corrected chi connectivity index (χ3v) is 2.28. The molecule has 2 heteroatoms. The van der Waals surface area contributed by atoms with Gasteiger partial charge in [0.15, 0.2) is 0 Å². The van der Waals surface area contributed by atoms with Crippen molar-refractivity contribution in [3.63, 3.8) is 0 Å². The monoisotopic (exact) mass is 193 g/mol. The van der Waals surface area contributed by atoms with Crippen LogP contribution < -0.4 is 5.32 Å². The molecule has 1 atom stereocenters. The SMILES string of the molecule is COC(C)CNCc1ccc(C)cc1. The van der Waals surface area contributed by atoms with Crippen molar-refractivity contribution < 1.29 is 4.74 Å². The van der Waals surface area contributed by atoms with E-state index < -0.39 is 0 Å². The average Bonchev–Trinajstić information content (AvgIpc) is 2.21. The van der Waals surface area contributed by atoms with Crippen molar-refractivity contribution in [1.82, 2.24) is 5.32 Å². The fourth-order valence-electron chi connectivity index (χ4n) is 1.21. The van der Waals surface area contributed by atoms with Gasteiger partial charge in [-0.05, 0) is 19.4 Å². The van der Waals surface area contributed by atoms with Gasteiger partial charge in [0, 0.05) is 20.2 Å². The first-order valence-electron chi connectivity index (χ1n) is 5.01. The first-order chi connectivity index (χ1) is 6.72. The highest BCUT2D eigenvalue weighted by Gasteiger charge is 1.97. The summed E-state index contributed by atoms with van der Waals surface area (Å²) in [7, 11) is 1.73. The summed E-state index contributed by atoms with van der Waals surface area (Å²) in [6, 6.07) is 8.58. The van der Waals surface area contributed by atoms with E-state index in [0.29, 0.717) is 0 Å². The standard InChI is InChI=1S/C12H19NO/c1-10-4-6-12(7-5-10)9-13-8-11(2)14-3/h4-7,11,13H,8-9H2,1-3H3. The van der Waals surface area contributed by atoms with Crippen LogP contribution >= 0.6 is 0 Å². The van der Waals surface area contributed by atoms with Crippen LogP contribution in [0.1, 0.15) is 18.1 Å². The molecule has 1 N–H and O–H groups in total. The Hall–Kier alpha value is -0.860. The van der Waals surface area contributed by atoms with E-state index in [9.17, 15) is 0 Å². The molecule has 78 valence electrons. The molecule has 2 nitrogen and oxygen atoms in total.